The van der Waals surface area contributed by atoms with Crippen molar-refractivity contribution in [3.8, 4) is 0 Å². The smallest absolute Gasteiger partial charge is 0.338 e. The van der Waals surface area contributed by atoms with Crippen molar-refractivity contribution < 1.29 is 27.5 Å². The summed E-state index contributed by atoms with van der Waals surface area (Å²) in [6.45, 7) is 3.13. The molecule has 1 aromatic carbocycles. The van der Waals surface area contributed by atoms with Gasteiger partial charge in [-0.25, -0.2) is 13.2 Å². The van der Waals surface area contributed by atoms with Crippen LogP contribution in [0.5, 0.6) is 0 Å². The number of rotatable bonds is 7. The van der Waals surface area contributed by atoms with Gasteiger partial charge in [0.2, 0.25) is 10.0 Å². The normalized spacial score (nSPS) is 22.9. The van der Waals surface area contributed by atoms with Crippen LogP contribution < -0.4 is 5.32 Å². The maximum Gasteiger partial charge on any atom is 0.338 e. The molecule has 2 heterocycles. The lowest BCUT2D eigenvalue weighted by molar-refractivity contribution is -0.124. The van der Waals surface area contributed by atoms with Gasteiger partial charge in [0.05, 0.1) is 16.6 Å². The highest BCUT2D eigenvalue weighted by Crippen LogP contribution is 2.25. The molecule has 0 bridgehead atoms. The van der Waals surface area contributed by atoms with Gasteiger partial charge in [-0.3, -0.25) is 4.79 Å². The number of benzene rings is 1. The SMILES string of the molecule is C[C@H]1CCCCN1S(=O)(=O)c1ccc(C(=O)OCC(=O)NC[C@@H]2CCCO2)cc1. The highest BCUT2D eigenvalue weighted by molar-refractivity contribution is 7.89. The zero-order chi connectivity index (χ0) is 20.9. The lowest BCUT2D eigenvalue weighted by atomic mass is 10.1. The van der Waals surface area contributed by atoms with Gasteiger partial charge in [-0.05, 0) is 56.9 Å². The average Bonchev–Trinajstić information content (AvgIpc) is 3.24. The van der Waals surface area contributed by atoms with Crippen molar-refractivity contribution in [2.45, 2.75) is 56.1 Å². The summed E-state index contributed by atoms with van der Waals surface area (Å²) in [7, 11) is -3.59. The second-order valence-electron chi connectivity index (χ2n) is 7.50. The van der Waals surface area contributed by atoms with Gasteiger partial charge in [-0.1, -0.05) is 6.42 Å². The Balaban J connectivity index is 1.52. The van der Waals surface area contributed by atoms with Crippen LogP contribution in [-0.2, 0) is 24.3 Å². The summed E-state index contributed by atoms with van der Waals surface area (Å²) in [4.78, 5) is 24.1. The largest absolute Gasteiger partial charge is 0.452 e. The van der Waals surface area contributed by atoms with Crippen molar-refractivity contribution in [2.75, 3.05) is 26.3 Å². The fourth-order valence-corrected chi connectivity index (χ4v) is 5.33. The zero-order valence-electron chi connectivity index (χ0n) is 16.6. The standard InChI is InChI=1S/C20H28N2O6S/c1-15-5-2-3-11-22(15)29(25,26)18-9-7-16(8-10-18)20(24)28-14-19(23)21-13-17-6-4-12-27-17/h7-10,15,17H,2-6,11-14H2,1H3,(H,21,23)/t15-,17-/m0/s1. The molecule has 2 aliphatic heterocycles. The van der Waals surface area contributed by atoms with Gasteiger partial charge in [-0.15, -0.1) is 0 Å². The molecule has 1 amide bonds. The summed E-state index contributed by atoms with van der Waals surface area (Å²) in [5.74, 6) is -1.07. The van der Waals surface area contributed by atoms with Crippen molar-refractivity contribution in [1.82, 2.24) is 9.62 Å². The minimum atomic E-state index is -3.59. The number of amides is 1. The van der Waals surface area contributed by atoms with E-state index in [0.717, 1.165) is 32.1 Å². The molecule has 0 spiro atoms. The third-order valence-corrected chi connectivity index (χ3v) is 7.35. The molecule has 29 heavy (non-hydrogen) atoms. The first-order valence-corrected chi connectivity index (χ1v) is 11.5. The van der Waals surface area contributed by atoms with Crippen molar-refractivity contribution in [3.63, 3.8) is 0 Å². The van der Waals surface area contributed by atoms with Crippen LogP contribution in [0.3, 0.4) is 0 Å². The fourth-order valence-electron chi connectivity index (χ4n) is 3.63. The van der Waals surface area contributed by atoms with Gasteiger partial charge in [0, 0.05) is 25.7 Å². The number of nitrogens with zero attached hydrogens (tertiary/aromatic N) is 1. The van der Waals surface area contributed by atoms with Gasteiger partial charge in [0.25, 0.3) is 5.91 Å². The van der Waals surface area contributed by atoms with E-state index < -0.39 is 28.5 Å². The summed E-state index contributed by atoms with van der Waals surface area (Å²) in [6.07, 6.45) is 4.64. The van der Waals surface area contributed by atoms with Crippen molar-refractivity contribution >= 4 is 21.9 Å². The van der Waals surface area contributed by atoms with Crippen LogP contribution in [0.15, 0.2) is 29.2 Å². The lowest BCUT2D eigenvalue weighted by Gasteiger charge is -2.32. The van der Waals surface area contributed by atoms with Crippen molar-refractivity contribution in [1.29, 1.82) is 0 Å². The van der Waals surface area contributed by atoms with Gasteiger partial charge in [0.15, 0.2) is 6.61 Å². The van der Waals surface area contributed by atoms with Crippen molar-refractivity contribution in [3.05, 3.63) is 29.8 Å². The number of carbonyl (C=O) groups is 2. The predicted molar refractivity (Wildman–Crippen MR) is 106 cm³/mol. The number of piperidine rings is 1. The third kappa shape index (κ3) is 5.55. The van der Waals surface area contributed by atoms with Crippen LogP contribution in [0.2, 0.25) is 0 Å². The van der Waals surface area contributed by atoms with E-state index in [1.54, 1.807) is 0 Å². The van der Waals surface area contributed by atoms with Crippen LogP contribution in [0, 0.1) is 0 Å². The molecular formula is C20H28N2O6S. The number of ether oxygens (including phenoxy) is 2. The fraction of sp³-hybridized carbons (Fsp3) is 0.600. The monoisotopic (exact) mass is 424 g/mol. The molecule has 1 aromatic rings. The van der Waals surface area contributed by atoms with E-state index >= 15 is 0 Å². The van der Waals surface area contributed by atoms with Crippen LogP contribution in [0.4, 0.5) is 0 Å². The number of hydrogen-bond acceptors (Lipinski definition) is 6. The molecule has 9 heteroatoms. The molecule has 2 fully saturated rings. The molecule has 2 saturated heterocycles. The molecule has 8 nitrogen and oxygen atoms in total. The van der Waals surface area contributed by atoms with Gasteiger partial charge in [-0.2, -0.15) is 4.31 Å². The maximum atomic E-state index is 12.8. The van der Waals surface area contributed by atoms with E-state index in [1.807, 2.05) is 6.92 Å². The van der Waals surface area contributed by atoms with Gasteiger partial charge >= 0.3 is 5.97 Å². The average molecular weight is 425 g/mol. The maximum absolute atomic E-state index is 12.8. The summed E-state index contributed by atoms with van der Waals surface area (Å²) in [6, 6.07) is 5.60. The molecule has 0 unspecified atom stereocenters. The topological polar surface area (TPSA) is 102 Å². The minimum absolute atomic E-state index is 0.0202. The lowest BCUT2D eigenvalue weighted by Crippen LogP contribution is -2.41. The Labute approximate surface area is 171 Å². The third-order valence-electron chi connectivity index (χ3n) is 5.32. The molecule has 1 N–H and O–H groups in total. The Morgan fingerprint density at radius 3 is 2.59 bits per heavy atom. The predicted octanol–water partition coefficient (Wildman–Crippen LogP) is 1.70. The number of hydrogen-bond donors (Lipinski definition) is 1. The van der Waals surface area contributed by atoms with E-state index in [2.05, 4.69) is 5.32 Å². The van der Waals surface area contributed by atoms with Crippen molar-refractivity contribution in [2.24, 2.45) is 0 Å². The van der Waals surface area contributed by atoms with Gasteiger partial charge in [0.1, 0.15) is 0 Å². The molecule has 0 saturated carbocycles. The van der Waals surface area contributed by atoms with Crippen LogP contribution >= 0.6 is 0 Å². The molecule has 2 aliphatic rings. The number of esters is 1. The Hall–Kier alpha value is -1.97. The second kappa shape index (κ2) is 9.69. The van der Waals surface area contributed by atoms with E-state index in [4.69, 9.17) is 9.47 Å². The van der Waals surface area contributed by atoms with Crippen LogP contribution in [-0.4, -0.2) is 63.0 Å². The summed E-state index contributed by atoms with van der Waals surface area (Å²) < 4.78 is 37.6. The van der Waals surface area contributed by atoms with E-state index in [1.165, 1.54) is 28.6 Å². The number of nitrogens with one attached hydrogen (secondary N) is 1. The molecule has 3 rings (SSSR count). The first kappa shape index (κ1) is 21.7. The highest BCUT2D eigenvalue weighted by atomic mass is 32.2. The molecular weight excluding hydrogens is 396 g/mol. The zero-order valence-corrected chi connectivity index (χ0v) is 17.4. The minimum Gasteiger partial charge on any atom is -0.452 e. The quantitative estimate of drug-likeness (QED) is 0.669. The summed E-state index contributed by atoms with van der Waals surface area (Å²) >= 11 is 0. The molecule has 0 radical (unpaired) electrons. The van der Waals surface area contributed by atoms with Crippen LogP contribution in [0.25, 0.3) is 0 Å². The molecule has 2 atom stereocenters. The second-order valence-corrected chi connectivity index (χ2v) is 9.39. The Bertz CT molecular complexity index is 818. The Morgan fingerprint density at radius 1 is 1.17 bits per heavy atom. The number of sulfonamides is 1. The highest BCUT2D eigenvalue weighted by Gasteiger charge is 2.31. The first-order chi connectivity index (χ1) is 13.9. The summed E-state index contributed by atoms with van der Waals surface area (Å²) in [5.41, 5.74) is 0.197. The van der Waals surface area contributed by atoms with Gasteiger partial charge < -0.3 is 14.8 Å². The Morgan fingerprint density at radius 2 is 1.93 bits per heavy atom. The number of carbonyl (C=O) groups excluding carboxylic acids is 2. The molecule has 0 aliphatic carbocycles. The van der Waals surface area contributed by atoms with E-state index in [0.29, 0.717) is 19.7 Å². The Kier molecular flexibility index (Phi) is 7.26. The van der Waals surface area contributed by atoms with E-state index in [-0.39, 0.29) is 22.6 Å². The first-order valence-electron chi connectivity index (χ1n) is 10.1. The van der Waals surface area contributed by atoms with Crippen LogP contribution in [0.1, 0.15) is 49.4 Å². The molecule has 160 valence electrons. The molecule has 0 aromatic heterocycles. The van der Waals surface area contributed by atoms with E-state index in [9.17, 15) is 18.0 Å². The summed E-state index contributed by atoms with van der Waals surface area (Å²) in [5, 5.41) is 2.67.